The summed E-state index contributed by atoms with van der Waals surface area (Å²) in [7, 11) is 0. The highest BCUT2D eigenvalue weighted by Crippen LogP contribution is 2.20. The van der Waals surface area contributed by atoms with Crippen LogP contribution in [0.4, 0.5) is 0 Å². The van der Waals surface area contributed by atoms with Gasteiger partial charge < -0.3 is 9.64 Å². The van der Waals surface area contributed by atoms with Gasteiger partial charge in [0, 0.05) is 25.9 Å². The molecule has 1 aromatic rings. The Morgan fingerprint density at radius 3 is 2.59 bits per heavy atom. The van der Waals surface area contributed by atoms with Crippen LogP contribution in [0.15, 0.2) is 17.5 Å². The van der Waals surface area contributed by atoms with Crippen molar-refractivity contribution in [2.24, 2.45) is 5.92 Å². The van der Waals surface area contributed by atoms with Crippen LogP contribution in [0.25, 0.3) is 0 Å². The van der Waals surface area contributed by atoms with Gasteiger partial charge in [0.1, 0.15) is 0 Å². The summed E-state index contributed by atoms with van der Waals surface area (Å²) in [5.41, 5.74) is 0. The van der Waals surface area contributed by atoms with Gasteiger partial charge in [-0.25, -0.2) is 0 Å². The number of nitrogens with zero attached hydrogens (tertiary/aromatic N) is 1. The van der Waals surface area contributed by atoms with E-state index in [1.54, 1.807) is 17.9 Å². The maximum atomic E-state index is 12.1. The fourth-order valence-corrected chi connectivity index (χ4v) is 3.26. The van der Waals surface area contributed by atoms with Gasteiger partial charge in [-0.1, -0.05) is 6.07 Å². The molecular weight excluding hydrogens is 302 g/mol. The van der Waals surface area contributed by atoms with Crippen LogP contribution in [0.5, 0.6) is 0 Å². The molecule has 1 aliphatic heterocycles. The molecule has 1 fully saturated rings. The Hall–Kier alpha value is -1.69. The van der Waals surface area contributed by atoms with Crippen LogP contribution in [-0.4, -0.2) is 42.3 Å². The van der Waals surface area contributed by atoms with E-state index in [0.717, 1.165) is 0 Å². The number of likely N-dealkylation sites (tertiary alicyclic amines) is 1. The van der Waals surface area contributed by atoms with Crippen molar-refractivity contribution in [3.63, 3.8) is 0 Å². The maximum absolute atomic E-state index is 12.1. The summed E-state index contributed by atoms with van der Waals surface area (Å²) in [5.74, 6) is -0.254. The molecule has 2 rings (SSSR count). The molecule has 0 atom stereocenters. The molecule has 6 heteroatoms. The first-order valence-electron chi connectivity index (χ1n) is 7.63. The van der Waals surface area contributed by atoms with Gasteiger partial charge in [0.15, 0.2) is 5.78 Å². The second-order valence-electron chi connectivity index (χ2n) is 5.31. The molecule has 0 unspecified atom stereocenters. The van der Waals surface area contributed by atoms with Crippen molar-refractivity contribution in [1.82, 2.24) is 4.90 Å². The lowest BCUT2D eigenvalue weighted by molar-refractivity contribution is -0.151. The third-order valence-electron chi connectivity index (χ3n) is 3.83. The molecule has 0 spiro atoms. The Labute approximate surface area is 134 Å². The van der Waals surface area contributed by atoms with Crippen LogP contribution in [0.2, 0.25) is 0 Å². The van der Waals surface area contributed by atoms with Crippen molar-refractivity contribution in [2.75, 3.05) is 19.7 Å². The highest BCUT2D eigenvalue weighted by Gasteiger charge is 2.28. The van der Waals surface area contributed by atoms with Crippen molar-refractivity contribution in [1.29, 1.82) is 0 Å². The first-order chi connectivity index (χ1) is 10.6. The van der Waals surface area contributed by atoms with E-state index in [-0.39, 0.29) is 36.4 Å². The summed E-state index contributed by atoms with van der Waals surface area (Å²) in [6, 6.07) is 3.61. The average Bonchev–Trinajstić information content (AvgIpc) is 3.07. The number of rotatable bonds is 6. The first kappa shape index (κ1) is 16.7. The molecule has 2 heterocycles. The third-order valence-corrected chi connectivity index (χ3v) is 4.74. The zero-order chi connectivity index (χ0) is 15.9. The van der Waals surface area contributed by atoms with Crippen LogP contribution in [-0.2, 0) is 14.3 Å². The monoisotopic (exact) mass is 323 g/mol. The summed E-state index contributed by atoms with van der Waals surface area (Å²) < 4.78 is 5.01. The van der Waals surface area contributed by atoms with E-state index in [1.165, 1.54) is 11.3 Å². The molecule has 0 radical (unpaired) electrons. The summed E-state index contributed by atoms with van der Waals surface area (Å²) in [4.78, 5) is 38.1. The first-order valence-corrected chi connectivity index (χ1v) is 8.51. The van der Waals surface area contributed by atoms with Crippen LogP contribution < -0.4 is 0 Å². The number of hydrogen-bond acceptors (Lipinski definition) is 5. The van der Waals surface area contributed by atoms with E-state index < -0.39 is 0 Å². The number of Topliss-reactive ketones (excluding diaryl/α,β-unsaturated/α-hetero) is 1. The largest absolute Gasteiger partial charge is 0.466 e. The topological polar surface area (TPSA) is 63.7 Å². The molecule has 0 bridgehead atoms. The fraction of sp³-hybridized carbons (Fsp3) is 0.562. The van der Waals surface area contributed by atoms with Gasteiger partial charge >= 0.3 is 5.97 Å². The molecule has 1 aliphatic rings. The molecule has 0 saturated carbocycles. The molecule has 0 aromatic carbocycles. The smallest absolute Gasteiger partial charge is 0.309 e. The van der Waals surface area contributed by atoms with Gasteiger partial charge in [0.2, 0.25) is 5.91 Å². The number of ether oxygens (including phenoxy) is 1. The molecule has 120 valence electrons. The van der Waals surface area contributed by atoms with Gasteiger partial charge in [-0.05, 0) is 31.2 Å². The maximum Gasteiger partial charge on any atom is 0.309 e. The van der Waals surface area contributed by atoms with Gasteiger partial charge in [-0.2, -0.15) is 0 Å². The second-order valence-corrected chi connectivity index (χ2v) is 6.26. The van der Waals surface area contributed by atoms with E-state index in [0.29, 0.717) is 37.4 Å². The lowest BCUT2D eigenvalue weighted by Gasteiger charge is -2.30. The van der Waals surface area contributed by atoms with Crippen LogP contribution in [0, 0.1) is 5.92 Å². The highest BCUT2D eigenvalue weighted by molar-refractivity contribution is 7.12. The molecule has 1 saturated heterocycles. The SMILES string of the molecule is CCOC(=O)C1CCN(C(=O)CCC(=O)c2cccs2)CC1. The molecule has 5 nitrogen and oxygen atoms in total. The molecular formula is C16H21NO4S. The number of amides is 1. The minimum absolute atomic E-state index is 0.00721. The lowest BCUT2D eigenvalue weighted by atomic mass is 9.96. The normalized spacial score (nSPS) is 15.6. The number of thiophene rings is 1. The Bertz CT molecular complexity index is 518. The van der Waals surface area contributed by atoms with Crippen molar-refractivity contribution >= 4 is 29.0 Å². The fourth-order valence-electron chi connectivity index (χ4n) is 2.56. The number of piperidine rings is 1. The Morgan fingerprint density at radius 1 is 1.27 bits per heavy atom. The van der Waals surface area contributed by atoms with Crippen LogP contribution in [0.1, 0.15) is 42.3 Å². The highest BCUT2D eigenvalue weighted by atomic mass is 32.1. The summed E-state index contributed by atoms with van der Waals surface area (Å²) in [6.07, 6.45) is 1.77. The van der Waals surface area contributed by atoms with Gasteiger partial charge in [-0.3, -0.25) is 14.4 Å². The third kappa shape index (κ3) is 4.40. The van der Waals surface area contributed by atoms with Gasteiger partial charge in [0.25, 0.3) is 0 Å². The standard InChI is InChI=1S/C16H21NO4S/c1-2-21-16(20)12-7-9-17(10-8-12)15(19)6-5-13(18)14-4-3-11-22-14/h3-4,11-12H,2,5-10H2,1H3. The number of hydrogen-bond donors (Lipinski definition) is 0. The van der Waals surface area contributed by atoms with Gasteiger partial charge in [-0.15, -0.1) is 11.3 Å². The van der Waals surface area contributed by atoms with Crippen LogP contribution >= 0.6 is 11.3 Å². The number of carbonyl (C=O) groups excluding carboxylic acids is 3. The van der Waals surface area contributed by atoms with E-state index in [4.69, 9.17) is 4.74 Å². The minimum Gasteiger partial charge on any atom is -0.466 e. The van der Waals surface area contributed by atoms with Crippen molar-refractivity contribution in [3.05, 3.63) is 22.4 Å². The zero-order valence-electron chi connectivity index (χ0n) is 12.7. The average molecular weight is 323 g/mol. The van der Waals surface area contributed by atoms with E-state index in [1.807, 2.05) is 11.4 Å². The molecule has 22 heavy (non-hydrogen) atoms. The summed E-state index contributed by atoms with van der Waals surface area (Å²) in [5, 5.41) is 1.86. The van der Waals surface area contributed by atoms with Crippen LogP contribution in [0.3, 0.4) is 0 Å². The quantitative estimate of drug-likeness (QED) is 0.596. The lowest BCUT2D eigenvalue weighted by Crippen LogP contribution is -2.40. The molecule has 1 aromatic heterocycles. The number of esters is 1. The van der Waals surface area contributed by atoms with Crippen molar-refractivity contribution in [3.8, 4) is 0 Å². The molecule has 1 amide bonds. The van der Waals surface area contributed by atoms with Gasteiger partial charge in [0.05, 0.1) is 17.4 Å². The Kier molecular flexibility index (Phi) is 6.12. The molecule has 0 aliphatic carbocycles. The second kappa shape index (κ2) is 8.08. The van der Waals surface area contributed by atoms with E-state index >= 15 is 0 Å². The van der Waals surface area contributed by atoms with E-state index in [9.17, 15) is 14.4 Å². The van der Waals surface area contributed by atoms with Crippen molar-refractivity contribution in [2.45, 2.75) is 32.6 Å². The van der Waals surface area contributed by atoms with E-state index in [2.05, 4.69) is 0 Å². The minimum atomic E-state index is -0.164. The van der Waals surface area contributed by atoms with Crippen molar-refractivity contribution < 1.29 is 19.1 Å². The summed E-state index contributed by atoms with van der Waals surface area (Å²) >= 11 is 1.40. The molecule has 0 N–H and O–H groups in total. The number of ketones is 1. The predicted octanol–water partition coefficient (Wildman–Crippen LogP) is 2.51. The Morgan fingerprint density at radius 2 is 2.00 bits per heavy atom. The Balaban J connectivity index is 1.73. The summed E-state index contributed by atoms with van der Waals surface area (Å²) in [6.45, 7) is 3.31. The number of carbonyl (C=O) groups is 3. The zero-order valence-corrected chi connectivity index (χ0v) is 13.6. The predicted molar refractivity (Wildman–Crippen MR) is 83.8 cm³/mol.